The summed E-state index contributed by atoms with van der Waals surface area (Å²) in [5, 5.41) is 2.99. The lowest BCUT2D eigenvalue weighted by Gasteiger charge is -2.23. The number of carbonyl (C=O) groups is 2. The summed E-state index contributed by atoms with van der Waals surface area (Å²) in [6.45, 7) is 3.22. The number of benzene rings is 2. The zero-order valence-corrected chi connectivity index (χ0v) is 16.1. The molecule has 0 aliphatic carbocycles. The Kier molecular flexibility index (Phi) is 5.74. The molecule has 2 aromatic carbocycles. The molecular formula is C21H20F3N3O2. The molecule has 0 saturated carbocycles. The van der Waals surface area contributed by atoms with Crippen LogP contribution >= 0.6 is 0 Å². The first-order valence-electron chi connectivity index (χ1n) is 8.95. The van der Waals surface area contributed by atoms with Gasteiger partial charge in [-0.3, -0.25) is 14.5 Å². The number of Topliss-reactive ketones (excluding diaryl/α,β-unsaturated/α-hetero) is 1. The topological polar surface area (TPSA) is 65.2 Å². The molecule has 2 N–H and O–H groups in total. The van der Waals surface area contributed by atoms with E-state index in [-0.39, 0.29) is 12.3 Å². The summed E-state index contributed by atoms with van der Waals surface area (Å²) in [6.07, 6.45) is 0. The second kappa shape index (κ2) is 8.08. The molecule has 8 heteroatoms. The van der Waals surface area contributed by atoms with Crippen LogP contribution in [0.25, 0.3) is 10.9 Å². The molecule has 0 aliphatic heterocycles. The first-order chi connectivity index (χ1) is 13.7. The van der Waals surface area contributed by atoms with E-state index < -0.39 is 35.1 Å². The fraction of sp³-hybridized carbons (Fsp3) is 0.238. The quantitative estimate of drug-likeness (QED) is 0.482. The monoisotopic (exact) mass is 403 g/mol. The van der Waals surface area contributed by atoms with Gasteiger partial charge in [-0.15, -0.1) is 0 Å². The second-order valence-corrected chi connectivity index (χ2v) is 6.90. The van der Waals surface area contributed by atoms with E-state index in [4.69, 9.17) is 0 Å². The minimum Gasteiger partial charge on any atom is -0.358 e. The predicted octanol–water partition coefficient (Wildman–Crippen LogP) is 4.04. The molecule has 0 bridgehead atoms. The van der Waals surface area contributed by atoms with E-state index in [9.17, 15) is 22.8 Å². The van der Waals surface area contributed by atoms with Crippen molar-refractivity contribution < 1.29 is 22.8 Å². The van der Waals surface area contributed by atoms with Crippen LogP contribution in [0.5, 0.6) is 0 Å². The zero-order chi connectivity index (χ0) is 21.3. The third kappa shape index (κ3) is 4.02. The number of aromatic nitrogens is 1. The Bertz CT molecular complexity index is 1090. The average molecular weight is 403 g/mol. The zero-order valence-electron chi connectivity index (χ0n) is 16.1. The maximum atomic E-state index is 13.7. The number of hydrogen-bond donors (Lipinski definition) is 2. The molecular weight excluding hydrogens is 383 g/mol. The summed E-state index contributed by atoms with van der Waals surface area (Å²) < 4.78 is 40.0. The van der Waals surface area contributed by atoms with Gasteiger partial charge in [-0.2, -0.15) is 0 Å². The van der Waals surface area contributed by atoms with Crippen LogP contribution in [0.15, 0.2) is 36.4 Å². The van der Waals surface area contributed by atoms with Crippen molar-refractivity contribution in [3.8, 4) is 0 Å². The molecule has 0 unspecified atom stereocenters. The number of halogens is 3. The van der Waals surface area contributed by atoms with Crippen LogP contribution in [0.2, 0.25) is 0 Å². The van der Waals surface area contributed by atoms with Gasteiger partial charge in [0, 0.05) is 22.2 Å². The number of aryl methyl sites for hydroxylation is 1. The number of anilines is 1. The lowest BCUT2D eigenvalue weighted by molar-refractivity contribution is -0.117. The molecule has 1 amide bonds. The molecule has 3 aromatic rings. The highest BCUT2D eigenvalue weighted by atomic mass is 19.2. The van der Waals surface area contributed by atoms with E-state index in [1.165, 1.54) is 4.90 Å². The normalized spacial score (nSPS) is 12.4. The number of likely N-dealkylation sites (N-methyl/N-ethyl adjacent to an activating group) is 1. The molecule has 1 heterocycles. The van der Waals surface area contributed by atoms with Crippen molar-refractivity contribution >= 4 is 28.3 Å². The fourth-order valence-electron chi connectivity index (χ4n) is 3.18. The van der Waals surface area contributed by atoms with E-state index in [0.29, 0.717) is 5.56 Å². The minimum atomic E-state index is -1.66. The Hall–Kier alpha value is -3.13. The molecule has 1 atom stereocenters. The van der Waals surface area contributed by atoms with Gasteiger partial charge in [0.2, 0.25) is 5.91 Å². The molecule has 0 aliphatic rings. The van der Waals surface area contributed by atoms with Crippen LogP contribution in [0, 0.1) is 24.4 Å². The van der Waals surface area contributed by atoms with Crippen LogP contribution in [-0.4, -0.2) is 41.2 Å². The van der Waals surface area contributed by atoms with E-state index in [1.807, 2.05) is 24.3 Å². The van der Waals surface area contributed by atoms with Crippen molar-refractivity contribution in [2.45, 2.75) is 19.9 Å². The number of nitrogens with one attached hydrogen (secondary N) is 2. The van der Waals surface area contributed by atoms with Crippen LogP contribution < -0.4 is 5.32 Å². The van der Waals surface area contributed by atoms with E-state index in [1.54, 1.807) is 20.9 Å². The van der Waals surface area contributed by atoms with Gasteiger partial charge in [0.25, 0.3) is 0 Å². The molecule has 3 rings (SSSR count). The third-order valence-corrected chi connectivity index (χ3v) is 4.88. The van der Waals surface area contributed by atoms with E-state index in [0.717, 1.165) is 28.7 Å². The third-order valence-electron chi connectivity index (χ3n) is 4.88. The predicted molar refractivity (Wildman–Crippen MR) is 104 cm³/mol. The van der Waals surface area contributed by atoms with Gasteiger partial charge in [0.15, 0.2) is 23.2 Å². The Morgan fingerprint density at radius 1 is 1.10 bits per heavy atom. The van der Waals surface area contributed by atoms with Crippen LogP contribution in [0.3, 0.4) is 0 Å². The molecule has 5 nitrogen and oxygen atoms in total. The van der Waals surface area contributed by atoms with Crippen molar-refractivity contribution in [3.05, 3.63) is 65.1 Å². The summed E-state index contributed by atoms with van der Waals surface area (Å²) in [6, 6.07) is 8.44. The lowest BCUT2D eigenvalue weighted by Crippen LogP contribution is -2.41. The summed E-state index contributed by atoms with van der Waals surface area (Å²) in [7, 11) is 1.58. The number of nitrogens with zero attached hydrogens (tertiary/aromatic N) is 1. The van der Waals surface area contributed by atoms with Crippen molar-refractivity contribution in [2.75, 3.05) is 18.9 Å². The summed E-state index contributed by atoms with van der Waals surface area (Å²) in [5.74, 6) is -5.30. The second-order valence-electron chi connectivity index (χ2n) is 6.90. The number of amides is 1. The molecule has 1 aromatic heterocycles. The number of fused-ring (bicyclic) bond motifs is 1. The Labute approximate surface area is 165 Å². The SMILES string of the molecule is Cc1[nH]c2ccccc2c1C(=O)[C@H](C)N(C)CC(=O)Nc1ccc(F)c(F)c1F. The highest BCUT2D eigenvalue weighted by Gasteiger charge is 2.26. The Morgan fingerprint density at radius 3 is 2.52 bits per heavy atom. The number of aromatic amines is 1. The van der Waals surface area contributed by atoms with Gasteiger partial charge < -0.3 is 10.3 Å². The summed E-state index contributed by atoms with van der Waals surface area (Å²) in [4.78, 5) is 29.9. The fourth-order valence-corrected chi connectivity index (χ4v) is 3.18. The van der Waals surface area contributed by atoms with Gasteiger partial charge in [-0.05, 0) is 39.1 Å². The van der Waals surface area contributed by atoms with Crippen molar-refractivity contribution in [1.29, 1.82) is 0 Å². The largest absolute Gasteiger partial charge is 0.358 e. The Balaban J connectivity index is 1.72. The molecule has 0 radical (unpaired) electrons. The van der Waals surface area contributed by atoms with Crippen molar-refractivity contribution in [3.63, 3.8) is 0 Å². The smallest absolute Gasteiger partial charge is 0.238 e. The summed E-state index contributed by atoms with van der Waals surface area (Å²) in [5.41, 5.74) is 1.65. The van der Waals surface area contributed by atoms with Gasteiger partial charge in [0.05, 0.1) is 18.3 Å². The average Bonchev–Trinajstić information content (AvgIpc) is 3.02. The van der Waals surface area contributed by atoms with Crippen LogP contribution in [-0.2, 0) is 4.79 Å². The van der Waals surface area contributed by atoms with E-state index >= 15 is 0 Å². The molecule has 0 spiro atoms. The molecule has 0 saturated heterocycles. The molecule has 0 fully saturated rings. The number of hydrogen-bond acceptors (Lipinski definition) is 3. The van der Waals surface area contributed by atoms with Crippen LogP contribution in [0.1, 0.15) is 23.0 Å². The Morgan fingerprint density at radius 2 is 1.79 bits per heavy atom. The maximum Gasteiger partial charge on any atom is 0.238 e. The number of H-pyrrole nitrogens is 1. The molecule has 29 heavy (non-hydrogen) atoms. The number of carbonyl (C=O) groups excluding carboxylic acids is 2. The van der Waals surface area contributed by atoms with Gasteiger partial charge in [0.1, 0.15) is 0 Å². The van der Waals surface area contributed by atoms with Gasteiger partial charge in [-0.1, -0.05) is 18.2 Å². The lowest BCUT2D eigenvalue weighted by atomic mass is 10.0. The number of para-hydroxylation sites is 1. The maximum absolute atomic E-state index is 13.7. The van der Waals surface area contributed by atoms with Gasteiger partial charge >= 0.3 is 0 Å². The van der Waals surface area contributed by atoms with Gasteiger partial charge in [-0.25, -0.2) is 13.2 Å². The molecule has 152 valence electrons. The first-order valence-corrected chi connectivity index (χ1v) is 8.95. The highest BCUT2D eigenvalue weighted by molar-refractivity contribution is 6.11. The standard InChI is InChI=1S/C21H20F3N3O2/c1-11-18(13-6-4-5-7-15(13)25-11)21(29)12(2)27(3)10-17(28)26-16-9-8-14(22)19(23)20(16)24/h4-9,12,25H,10H2,1-3H3,(H,26,28)/t12-/m0/s1. The highest BCUT2D eigenvalue weighted by Crippen LogP contribution is 2.24. The van der Waals surface area contributed by atoms with Crippen molar-refractivity contribution in [1.82, 2.24) is 9.88 Å². The first kappa shape index (κ1) is 20.6. The van der Waals surface area contributed by atoms with Crippen LogP contribution in [0.4, 0.5) is 18.9 Å². The summed E-state index contributed by atoms with van der Waals surface area (Å²) >= 11 is 0. The number of ketones is 1. The van der Waals surface area contributed by atoms with Crippen molar-refractivity contribution in [2.24, 2.45) is 0 Å². The minimum absolute atomic E-state index is 0.172. The number of rotatable bonds is 6. The van der Waals surface area contributed by atoms with E-state index in [2.05, 4.69) is 10.3 Å².